The van der Waals surface area contributed by atoms with Crippen molar-refractivity contribution in [2.45, 2.75) is 13.0 Å². The van der Waals surface area contributed by atoms with E-state index in [1.54, 1.807) is 0 Å². The van der Waals surface area contributed by atoms with E-state index in [1.165, 1.54) is 13.0 Å². The lowest BCUT2D eigenvalue weighted by Gasteiger charge is -2.21. The van der Waals surface area contributed by atoms with Crippen LogP contribution in [0.1, 0.15) is 12.0 Å². The molecule has 0 amide bonds. The highest BCUT2D eigenvalue weighted by Crippen LogP contribution is 2.25. The van der Waals surface area contributed by atoms with Crippen molar-refractivity contribution in [1.29, 1.82) is 0 Å². The summed E-state index contributed by atoms with van der Waals surface area (Å²) >= 11 is 12.4. The van der Waals surface area contributed by atoms with Crippen molar-refractivity contribution in [3.63, 3.8) is 0 Å². The molecule has 4 heteroatoms. The molecule has 1 aromatic carbocycles. The van der Waals surface area contributed by atoms with Crippen molar-refractivity contribution in [3.8, 4) is 0 Å². The largest absolute Gasteiger partial charge is 0.305 e. The number of rotatable bonds is 2. The molecule has 2 nitrogen and oxygen atoms in total. The first-order valence-electron chi connectivity index (χ1n) is 6.00. The van der Waals surface area contributed by atoms with E-state index in [4.69, 9.17) is 23.2 Å². The van der Waals surface area contributed by atoms with E-state index >= 15 is 0 Å². The minimum atomic E-state index is 0.773. The first kappa shape index (κ1) is 13.2. The highest BCUT2D eigenvalue weighted by Gasteiger charge is 2.15. The van der Waals surface area contributed by atoms with E-state index in [2.05, 4.69) is 16.8 Å². The molecule has 2 rings (SSSR count). The number of hydrogen-bond donors (Lipinski definition) is 0. The fraction of sp³-hybridized carbons (Fsp3) is 0.538. The monoisotopic (exact) mass is 272 g/mol. The van der Waals surface area contributed by atoms with Gasteiger partial charge in [0, 0.05) is 35.2 Å². The molecule has 0 saturated carbocycles. The molecule has 0 aliphatic carbocycles. The van der Waals surface area contributed by atoms with Crippen LogP contribution in [0.15, 0.2) is 18.2 Å². The molecule has 0 radical (unpaired) electrons. The third-order valence-corrected chi connectivity index (χ3v) is 3.96. The van der Waals surface area contributed by atoms with Crippen LogP contribution >= 0.6 is 23.2 Å². The molecular weight excluding hydrogens is 255 g/mol. The first-order chi connectivity index (χ1) is 8.16. The highest BCUT2D eigenvalue weighted by atomic mass is 35.5. The summed E-state index contributed by atoms with van der Waals surface area (Å²) in [5.41, 5.74) is 1.06. The van der Waals surface area contributed by atoms with Crippen LogP contribution in [0.3, 0.4) is 0 Å². The molecule has 1 aliphatic heterocycles. The highest BCUT2D eigenvalue weighted by molar-refractivity contribution is 6.35. The number of nitrogens with zero attached hydrogens (tertiary/aromatic N) is 2. The third-order valence-electron chi connectivity index (χ3n) is 3.26. The molecule has 0 aromatic heterocycles. The zero-order valence-electron chi connectivity index (χ0n) is 10.1. The molecule has 1 aromatic rings. The second kappa shape index (κ2) is 6.05. The summed E-state index contributed by atoms with van der Waals surface area (Å²) in [6.45, 7) is 5.34. The molecule has 94 valence electrons. The molecule has 1 heterocycles. The SMILES string of the molecule is CN1CCCN(Cc2c(Cl)cccc2Cl)CC1. The van der Waals surface area contributed by atoms with E-state index < -0.39 is 0 Å². The summed E-state index contributed by atoms with van der Waals surface area (Å²) in [6, 6.07) is 5.71. The van der Waals surface area contributed by atoms with Gasteiger partial charge in [0.25, 0.3) is 0 Å². The molecule has 1 aliphatic rings. The number of halogens is 2. The molecule has 0 N–H and O–H groups in total. The predicted octanol–water partition coefficient (Wildman–Crippen LogP) is 3.13. The van der Waals surface area contributed by atoms with Crippen LogP contribution in [0.5, 0.6) is 0 Å². The Morgan fingerprint density at radius 2 is 1.76 bits per heavy atom. The standard InChI is InChI=1S/C13H18Cl2N2/c1-16-6-3-7-17(9-8-16)10-11-12(14)4-2-5-13(11)15/h2,4-5H,3,6-10H2,1H3. The van der Waals surface area contributed by atoms with Crippen LogP contribution in [-0.4, -0.2) is 43.0 Å². The Kier molecular flexibility index (Phi) is 4.69. The average Bonchev–Trinajstić information content (AvgIpc) is 2.49. The molecule has 17 heavy (non-hydrogen) atoms. The zero-order chi connectivity index (χ0) is 12.3. The quantitative estimate of drug-likeness (QED) is 0.816. The van der Waals surface area contributed by atoms with Crippen LogP contribution < -0.4 is 0 Å². The van der Waals surface area contributed by atoms with Gasteiger partial charge in [0.15, 0.2) is 0 Å². The van der Waals surface area contributed by atoms with Gasteiger partial charge in [0.2, 0.25) is 0 Å². The van der Waals surface area contributed by atoms with Crippen molar-refractivity contribution in [1.82, 2.24) is 9.80 Å². The van der Waals surface area contributed by atoms with Crippen molar-refractivity contribution in [2.75, 3.05) is 33.2 Å². The van der Waals surface area contributed by atoms with Crippen molar-refractivity contribution in [3.05, 3.63) is 33.8 Å². The molecular formula is C13H18Cl2N2. The van der Waals surface area contributed by atoms with Gasteiger partial charge in [-0.15, -0.1) is 0 Å². The van der Waals surface area contributed by atoms with Gasteiger partial charge in [-0.05, 0) is 38.7 Å². The average molecular weight is 273 g/mol. The maximum atomic E-state index is 6.20. The molecule has 0 spiro atoms. The van der Waals surface area contributed by atoms with Crippen LogP contribution in [0, 0.1) is 0 Å². The second-order valence-corrected chi connectivity index (χ2v) is 5.45. The van der Waals surface area contributed by atoms with Gasteiger partial charge in [0.1, 0.15) is 0 Å². The smallest absolute Gasteiger partial charge is 0.0465 e. The Balaban J connectivity index is 2.05. The lowest BCUT2D eigenvalue weighted by molar-refractivity contribution is 0.269. The van der Waals surface area contributed by atoms with E-state index in [1.807, 2.05) is 18.2 Å². The van der Waals surface area contributed by atoms with Crippen LogP contribution in [0.25, 0.3) is 0 Å². The topological polar surface area (TPSA) is 6.48 Å². The first-order valence-corrected chi connectivity index (χ1v) is 6.76. The Labute approximate surface area is 113 Å². The molecule has 0 bridgehead atoms. The minimum Gasteiger partial charge on any atom is -0.305 e. The molecule has 1 saturated heterocycles. The number of benzene rings is 1. The normalized spacial score (nSPS) is 19.2. The van der Waals surface area contributed by atoms with Crippen LogP contribution in [-0.2, 0) is 6.54 Å². The van der Waals surface area contributed by atoms with Gasteiger partial charge in [-0.1, -0.05) is 29.3 Å². The van der Waals surface area contributed by atoms with Gasteiger partial charge >= 0.3 is 0 Å². The summed E-state index contributed by atoms with van der Waals surface area (Å²) in [5.74, 6) is 0. The minimum absolute atomic E-state index is 0.773. The molecule has 0 unspecified atom stereocenters. The van der Waals surface area contributed by atoms with Gasteiger partial charge in [-0.25, -0.2) is 0 Å². The van der Waals surface area contributed by atoms with E-state index in [-0.39, 0.29) is 0 Å². The maximum Gasteiger partial charge on any atom is 0.0465 e. The Morgan fingerprint density at radius 3 is 2.47 bits per heavy atom. The van der Waals surface area contributed by atoms with E-state index in [0.29, 0.717) is 0 Å². The van der Waals surface area contributed by atoms with Gasteiger partial charge in [0.05, 0.1) is 0 Å². The Morgan fingerprint density at radius 1 is 1.06 bits per heavy atom. The van der Waals surface area contributed by atoms with Crippen molar-refractivity contribution >= 4 is 23.2 Å². The van der Waals surface area contributed by atoms with Crippen molar-refractivity contribution < 1.29 is 0 Å². The van der Waals surface area contributed by atoms with Gasteiger partial charge in [-0.3, -0.25) is 4.90 Å². The summed E-state index contributed by atoms with van der Waals surface area (Å²) in [7, 11) is 2.17. The Hall–Kier alpha value is -0.280. The van der Waals surface area contributed by atoms with Crippen LogP contribution in [0.2, 0.25) is 10.0 Å². The summed E-state index contributed by atoms with van der Waals surface area (Å²) in [4.78, 5) is 4.80. The predicted molar refractivity (Wildman–Crippen MR) is 73.9 cm³/mol. The van der Waals surface area contributed by atoms with E-state index in [0.717, 1.165) is 41.8 Å². The molecule has 0 atom stereocenters. The van der Waals surface area contributed by atoms with Gasteiger partial charge in [-0.2, -0.15) is 0 Å². The summed E-state index contributed by atoms with van der Waals surface area (Å²) in [6.07, 6.45) is 1.21. The lowest BCUT2D eigenvalue weighted by Crippen LogP contribution is -2.28. The molecule has 1 fully saturated rings. The van der Waals surface area contributed by atoms with Crippen LogP contribution in [0.4, 0.5) is 0 Å². The second-order valence-electron chi connectivity index (χ2n) is 4.63. The number of hydrogen-bond acceptors (Lipinski definition) is 2. The zero-order valence-corrected chi connectivity index (χ0v) is 11.6. The maximum absolute atomic E-state index is 6.20. The Bertz CT molecular complexity index is 361. The fourth-order valence-electron chi connectivity index (χ4n) is 2.17. The fourth-order valence-corrected chi connectivity index (χ4v) is 2.68. The summed E-state index contributed by atoms with van der Waals surface area (Å²) < 4.78 is 0. The van der Waals surface area contributed by atoms with Gasteiger partial charge < -0.3 is 4.90 Å². The third kappa shape index (κ3) is 3.59. The lowest BCUT2D eigenvalue weighted by atomic mass is 10.2. The van der Waals surface area contributed by atoms with Crippen molar-refractivity contribution in [2.24, 2.45) is 0 Å². The summed E-state index contributed by atoms with van der Waals surface area (Å²) in [5, 5.41) is 1.55. The number of likely N-dealkylation sites (N-methyl/N-ethyl adjacent to an activating group) is 1. The van der Waals surface area contributed by atoms with E-state index in [9.17, 15) is 0 Å².